The largest absolute Gasteiger partial charge is 0.363 e. The van der Waals surface area contributed by atoms with Crippen molar-refractivity contribution in [3.05, 3.63) is 23.9 Å². The zero-order valence-electron chi connectivity index (χ0n) is 11.4. The van der Waals surface area contributed by atoms with Crippen molar-refractivity contribution in [3.8, 4) is 0 Å². The highest BCUT2D eigenvalue weighted by Crippen LogP contribution is 2.17. The summed E-state index contributed by atoms with van der Waals surface area (Å²) < 4.78 is 4.80. The molecule has 8 nitrogen and oxygen atoms in total. The van der Waals surface area contributed by atoms with E-state index >= 15 is 0 Å². The zero-order valence-corrected chi connectivity index (χ0v) is 11.4. The predicted octanol–water partition coefficient (Wildman–Crippen LogP) is 0.275. The van der Waals surface area contributed by atoms with Crippen molar-refractivity contribution in [1.82, 2.24) is 20.4 Å². The molecule has 0 bridgehead atoms. The number of hydrogen-bond acceptors (Lipinski definition) is 5. The number of aromatic nitrogens is 2. The molecule has 1 aliphatic rings. The minimum atomic E-state index is -0.769. The molecule has 3 amide bonds. The number of rotatable bonds is 4. The van der Waals surface area contributed by atoms with Gasteiger partial charge in [0.25, 0.3) is 11.7 Å². The highest BCUT2D eigenvalue weighted by atomic mass is 16.5. The third-order valence-electron chi connectivity index (χ3n) is 3.02. The van der Waals surface area contributed by atoms with Crippen molar-refractivity contribution in [3.63, 3.8) is 0 Å². The first kappa shape index (κ1) is 14.0. The molecule has 20 heavy (non-hydrogen) atoms. The molecule has 1 unspecified atom stereocenters. The van der Waals surface area contributed by atoms with Crippen LogP contribution in [0.25, 0.3) is 0 Å². The summed E-state index contributed by atoms with van der Waals surface area (Å²) in [6.07, 6.45) is 3.98. The Kier molecular flexibility index (Phi) is 4.02. The first-order valence-electron chi connectivity index (χ1n) is 6.32. The van der Waals surface area contributed by atoms with E-state index in [1.54, 1.807) is 4.90 Å². The van der Waals surface area contributed by atoms with Crippen molar-refractivity contribution < 1.29 is 14.1 Å². The van der Waals surface area contributed by atoms with E-state index in [2.05, 4.69) is 29.3 Å². The van der Waals surface area contributed by atoms with E-state index in [9.17, 15) is 9.59 Å². The van der Waals surface area contributed by atoms with Gasteiger partial charge in [0.1, 0.15) is 0 Å². The molecule has 0 radical (unpaired) electrons. The average Bonchev–Trinajstić information content (AvgIpc) is 3.04. The molecule has 1 aromatic rings. The van der Waals surface area contributed by atoms with Crippen LogP contribution in [0.15, 0.2) is 16.7 Å². The molecule has 3 N–H and O–H groups in total. The quantitative estimate of drug-likeness (QED) is 0.768. The Morgan fingerprint density at radius 2 is 2.35 bits per heavy atom. The molecule has 108 valence electrons. The van der Waals surface area contributed by atoms with Crippen LogP contribution in [0.4, 0.5) is 4.79 Å². The van der Waals surface area contributed by atoms with Crippen LogP contribution in [0, 0.1) is 5.92 Å². The lowest BCUT2D eigenvalue weighted by Crippen LogP contribution is -2.44. The topological polar surface area (TPSA) is 114 Å². The Morgan fingerprint density at radius 1 is 1.60 bits per heavy atom. The third-order valence-corrected chi connectivity index (χ3v) is 3.02. The minimum Gasteiger partial charge on any atom is -0.363 e. The van der Waals surface area contributed by atoms with Gasteiger partial charge in [-0.3, -0.25) is 4.79 Å². The summed E-state index contributed by atoms with van der Waals surface area (Å²) >= 11 is 0. The fourth-order valence-electron chi connectivity index (χ4n) is 2.02. The number of carbonyl (C=O) groups excluding carboxylic acids is 2. The van der Waals surface area contributed by atoms with Gasteiger partial charge in [-0.15, -0.1) is 0 Å². The number of nitrogens with two attached hydrogens (primary N) is 1. The van der Waals surface area contributed by atoms with Crippen molar-refractivity contribution in [2.45, 2.75) is 26.4 Å². The maximum Gasteiger partial charge on any atom is 0.318 e. The molecule has 1 aliphatic heterocycles. The SMILES string of the molecule is CC(C)C1C=CCN1C(=O)NCc1nc(C(N)=O)no1. The molecular formula is C12H17N5O3. The van der Waals surface area contributed by atoms with Gasteiger partial charge in [0.15, 0.2) is 0 Å². The number of carbonyl (C=O) groups is 2. The number of nitrogens with zero attached hydrogens (tertiary/aromatic N) is 3. The number of amides is 3. The fraction of sp³-hybridized carbons (Fsp3) is 0.500. The minimum absolute atomic E-state index is 0.0560. The van der Waals surface area contributed by atoms with Crippen LogP contribution in [-0.2, 0) is 6.54 Å². The fourth-order valence-corrected chi connectivity index (χ4v) is 2.02. The summed E-state index contributed by atoms with van der Waals surface area (Å²) in [5.74, 6) is -0.489. The molecular weight excluding hydrogens is 262 g/mol. The van der Waals surface area contributed by atoms with Crippen molar-refractivity contribution in [2.24, 2.45) is 11.7 Å². The molecule has 0 saturated heterocycles. The summed E-state index contributed by atoms with van der Waals surface area (Å²) in [7, 11) is 0. The summed E-state index contributed by atoms with van der Waals surface area (Å²) in [5.41, 5.74) is 5.01. The highest BCUT2D eigenvalue weighted by molar-refractivity contribution is 5.88. The Bertz CT molecular complexity index is 537. The van der Waals surface area contributed by atoms with Gasteiger partial charge in [-0.2, -0.15) is 4.98 Å². The van der Waals surface area contributed by atoms with E-state index in [0.717, 1.165) is 0 Å². The van der Waals surface area contributed by atoms with E-state index in [-0.39, 0.29) is 30.3 Å². The van der Waals surface area contributed by atoms with Crippen molar-refractivity contribution >= 4 is 11.9 Å². The molecule has 0 aromatic carbocycles. The standard InChI is InChI=1S/C12H17N5O3/c1-7(2)8-4-3-5-17(8)12(19)14-6-9-15-11(10(13)18)16-20-9/h3-4,7-8H,5-6H2,1-2H3,(H2,13,18)(H,14,19). The lowest BCUT2D eigenvalue weighted by Gasteiger charge is -2.27. The number of nitrogens with one attached hydrogen (secondary N) is 1. The molecule has 0 aliphatic carbocycles. The van der Waals surface area contributed by atoms with Crippen LogP contribution >= 0.6 is 0 Å². The van der Waals surface area contributed by atoms with E-state index in [0.29, 0.717) is 12.5 Å². The Balaban J connectivity index is 1.90. The van der Waals surface area contributed by atoms with Gasteiger partial charge in [-0.1, -0.05) is 31.2 Å². The second-order valence-electron chi connectivity index (χ2n) is 4.85. The van der Waals surface area contributed by atoms with E-state index in [1.807, 2.05) is 12.2 Å². The summed E-state index contributed by atoms with van der Waals surface area (Å²) in [6.45, 7) is 4.74. The van der Waals surface area contributed by atoms with Gasteiger partial charge < -0.3 is 20.5 Å². The highest BCUT2D eigenvalue weighted by Gasteiger charge is 2.27. The maximum atomic E-state index is 12.1. The maximum absolute atomic E-state index is 12.1. The molecule has 1 atom stereocenters. The van der Waals surface area contributed by atoms with E-state index < -0.39 is 5.91 Å². The Labute approximate surface area is 116 Å². The lowest BCUT2D eigenvalue weighted by molar-refractivity contribution is 0.0987. The third kappa shape index (κ3) is 2.95. The van der Waals surface area contributed by atoms with Gasteiger partial charge in [0.2, 0.25) is 5.89 Å². The van der Waals surface area contributed by atoms with Gasteiger partial charge in [-0.25, -0.2) is 4.79 Å². The number of hydrogen-bond donors (Lipinski definition) is 2. The number of urea groups is 1. The van der Waals surface area contributed by atoms with Gasteiger partial charge >= 0.3 is 6.03 Å². The summed E-state index contributed by atoms with van der Waals surface area (Å²) in [6, 6.07) is -0.133. The Hall–Kier alpha value is -2.38. The first-order valence-corrected chi connectivity index (χ1v) is 6.32. The van der Waals surface area contributed by atoms with Crippen molar-refractivity contribution in [1.29, 1.82) is 0 Å². The lowest BCUT2D eigenvalue weighted by atomic mass is 10.1. The summed E-state index contributed by atoms with van der Waals surface area (Å²) in [4.78, 5) is 28.4. The van der Waals surface area contributed by atoms with E-state index in [1.165, 1.54) is 0 Å². The molecule has 0 spiro atoms. The normalized spacial score (nSPS) is 17.8. The van der Waals surface area contributed by atoms with Crippen LogP contribution in [0.1, 0.15) is 30.4 Å². The van der Waals surface area contributed by atoms with Gasteiger partial charge in [-0.05, 0) is 5.92 Å². The van der Waals surface area contributed by atoms with Crippen molar-refractivity contribution in [2.75, 3.05) is 6.54 Å². The zero-order chi connectivity index (χ0) is 14.7. The predicted molar refractivity (Wildman–Crippen MR) is 69.5 cm³/mol. The second kappa shape index (κ2) is 5.72. The molecule has 0 saturated carbocycles. The average molecular weight is 279 g/mol. The molecule has 8 heteroatoms. The smallest absolute Gasteiger partial charge is 0.318 e. The first-order chi connectivity index (χ1) is 9.49. The van der Waals surface area contributed by atoms with Crippen LogP contribution < -0.4 is 11.1 Å². The molecule has 2 heterocycles. The molecule has 1 aromatic heterocycles. The van der Waals surface area contributed by atoms with Gasteiger partial charge in [0.05, 0.1) is 12.6 Å². The van der Waals surface area contributed by atoms with Crippen LogP contribution in [-0.4, -0.2) is 39.6 Å². The Morgan fingerprint density at radius 3 is 2.95 bits per heavy atom. The van der Waals surface area contributed by atoms with Crippen LogP contribution in [0.5, 0.6) is 0 Å². The second-order valence-corrected chi connectivity index (χ2v) is 4.85. The van der Waals surface area contributed by atoms with Crippen LogP contribution in [0.2, 0.25) is 0 Å². The van der Waals surface area contributed by atoms with Crippen LogP contribution in [0.3, 0.4) is 0 Å². The van der Waals surface area contributed by atoms with Gasteiger partial charge in [0, 0.05) is 6.54 Å². The summed E-state index contributed by atoms with van der Waals surface area (Å²) in [5, 5.41) is 6.07. The molecule has 0 fully saturated rings. The van der Waals surface area contributed by atoms with E-state index in [4.69, 9.17) is 10.3 Å². The molecule has 2 rings (SSSR count). The monoisotopic (exact) mass is 279 g/mol. The number of primary amides is 1.